The van der Waals surface area contributed by atoms with Crippen molar-refractivity contribution in [2.45, 2.75) is 23.9 Å². The summed E-state index contributed by atoms with van der Waals surface area (Å²) >= 11 is 5.99. The van der Waals surface area contributed by atoms with Crippen molar-refractivity contribution < 1.29 is 13.2 Å². The summed E-state index contributed by atoms with van der Waals surface area (Å²) in [6.45, 7) is 1.96. The molecule has 0 saturated carbocycles. The Morgan fingerprint density at radius 3 is 2.90 bits per heavy atom. The van der Waals surface area contributed by atoms with E-state index >= 15 is 0 Å². The van der Waals surface area contributed by atoms with Gasteiger partial charge in [-0.25, -0.2) is 8.42 Å². The standard InChI is InChI=1S/C12H21ClN4O3S/c1-16-12(11(13)8-15-16)21(18,19)17(6-7-20-2)9-10-4-3-5-14-10/h8,10,14H,3-7,9H2,1-2H3. The van der Waals surface area contributed by atoms with Crippen LogP contribution in [0.4, 0.5) is 0 Å². The van der Waals surface area contributed by atoms with Gasteiger partial charge in [0.25, 0.3) is 10.0 Å². The fourth-order valence-electron chi connectivity index (χ4n) is 2.47. The van der Waals surface area contributed by atoms with Crippen LogP contribution in [0.1, 0.15) is 12.8 Å². The molecule has 1 atom stereocenters. The van der Waals surface area contributed by atoms with Gasteiger partial charge in [0.15, 0.2) is 5.03 Å². The Morgan fingerprint density at radius 1 is 1.62 bits per heavy atom. The number of hydrogen-bond acceptors (Lipinski definition) is 5. The number of halogens is 1. The molecule has 1 aliphatic heterocycles. The van der Waals surface area contributed by atoms with Crippen molar-refractivity contribution >= 4 is 21.6 Å². The largest absolute Gasteiger partial charge is 0.383 e. The third-order valence-corrected chi connectivity index (χ3v) is 5.93. The normalized spacial score (nSPS) is 19.5. The second-order valence-electron chi connectivity index (χ2n) is 5.07. The molecule has 0 aromatic carbocycles. The lowest BCUT2D eigenvalue weighted by molar-refractivity contribution is 0.176. The summed E-state index contributed by atoms with van der Waals surface area (Å²) in [6, 6.07) is 0.170. The van der Waals surface area contributed by atoms with Gasteiger partial charge < -0.3 is 10.1 Å². The number of rotatable bonds is 7. The first-order chi connectivity index (χ1) is 9.96. The molecule has 1 aromatic heterocycles. The van der Waals surface area contributed by atoms with Crippen molar-refractivity contribution in [2.24, 2.45) is 7.05 Å². The summed E-state index contributed by atoms with van der Waals surface area (Å²) in [6.07, 6.45) is 3.38. The van der Waals surface area contributed by atoms with Crippen LogP contribution in [0.15, 0.2) is 11.2 Å². The topological polar surface area (TPSA) is 76.5 Å². The van der Waals surface area contributed by atoms with E-state index in [1.165, 1.54) is 15.2 Å². The maximum Gasteiger partial charge on any atom is 0.261 e. The molecular formula is C12H21ClN4O3S. The maximum absolute atomic E-state index is 12.8. The number of sulfonamides is 1. The Balaban J connectivity index is 2.25. The highest BCUT2D eigenvalue weighted by Gasteiger charge is 2.32. The number of hydrogen-bond donors (Lipinski definition) is 1. The van der Waals surface area contributed by atoms with E-state index in [9.17, 15) is 8.42 Å². The zero-order chi connectivity index (χ0) is 15.5. The Bertz CT molecular complexity index is 550. The van der Waals surface area contributed by atoms with Crippen LogP contribution in [0.2, 0.25) is 5.02 Å². The molecule has 0 aliphatic carbocycles. The first-order valence-corrected chi connectivity index (χ1v) is 8.68. The third-order valence-electron chi connectivity index (χ3n) is 3.56. The first-order valence-electron chi connectivity index (χ1n) is 6.86. The van der Waals surface area contributed by atoms with E-state index < -0.39 is 10.0 Å². The molecule has 1 fully saturated rings. The second kappa shape index (κ2) is 7.06. The predicted octanol–water partition coefficient (Wildman–Crippen LogP) is 0.463. The van der Waals surface area contributed by atoms with Gasteiger partial charge in [-0.1, -0.05) is 11.6 Å². The fourth-order valence-corrected chi connectivity index (χ4v) is 4.55. The summed E-state index contributed by atoms with van der Waals surface area (Å²) in [5.41, 5.74) is 0. The summed E-state index contributed by atoms with van der Waals surface area (Å²) in [7, 11) is -0.575. The minimum atomic E-state index is -3.70. The van der Waals surface area contributed by atoms with Gasteiger partial charge in [0.05, 0.1) is 17.8 Å². The molecule has 0 radical (unpaired) electrons. The quantitative estimate of drug-likeness (QED) is 0.783. The van der Waals surface area contributed by atoms with Gasteiger partial charge in [-0.15, -0.1) is 0 Å². The number of methoxy groups -OCH3 is 1. The zero-order valence-electron chi connectivity index (χ0n) is 12.2. The Labute approximate surface area is 130 Å². The van der Waals surface area contributed by atoms with E-state index in [-0.39, 0.29) is 16.1 Å². The van der Waals surface area contributed by atoms with Gasteiger partial charge in [0, 0.05) is 33.3 Å². The predicted molar refractivity (Wildman–Crippen MR) is 79.9 cm³/mol. The van der Waals surface area contributed by atoms with E-state index in [0.29, 0.717) is 19.7 Å². The van der Waals surface area contributed by atoms with Gasteiger partial charge in [-0.05, 0) is 19.4 Å². The molecule has 1 aromatic rings. The second-order valence-corrected chi connectivity index (χ2v) is 7.33. The smallest absolute Gasteiger partial charge is 0.261 e. The van der Waals surface area contributed by atoms with Gasteiger partial charge in [0.1, 0.15) is 0 Å². The molecule has 21 heavy (non-hydrogen) atoms. The molecule has 9 heteroatoms. The molecule has 0 amide bonds. The summed E-state index contributed by atoms with van der Waals surface area (Å²) in [4.78, 5) is 0. The van der Waals surface area contributed by atoms with E-state index in [0.717, 1.165) is 19.4 Å². The molecular weight excluding hydrogens is 316 g/mol. The zero-order valence-corrected chi connectivity index (χ0v) is 13.8. The van der Waals surface area contributed by atoms with Crippen LogP contribution in [-0.4, -0.2) is 61.9 Å². The maximum atomic E-state index is 12.8. The fraction of sp³-hybridized carbons (Fsp3) is 0.750. The van der Waals surface area contributed by atoms with Crippen LogP contribution in [0.5, 0.6) is 0 Å². The number of aromatic nitrogens is 2. The molecule has 7 nitrogen and oxygen atoms in total. The minimum Gasteiger partial charge on any atom is -0.383 e. The Morgan fingerprint density at radius 2 is 2.38 bits per heavy atom. The number of aryl methyl sites for hydroxylation is 1. The number of ether oxygens (including phenoxy) is 1. The van der Waals surface area contributed by atoms with Gasteiger partial charge in [-0.3, -0.25) is 4.68 Å². The van der Waals surface area contributed by atoms with Crippen molar-refractivity contribution in [1.29, 1.82) is 0 Å². The molecule has 120 valence electrons. The van der Waals surface area contributed by atoms with Crippen LogP contribution in [0.25, 0.3) is 0 Å². The Hall–Kier alpha value is -0.670. The van der Waals surface area contributed by atoms with Crippen LogP contribution in [0.3, 0.4) is 0 Å². The van der Waals surface area contributed by atoms with E-state index in [2.05, 4.69) is 10.4 Å². The minimum absolute atomic E-state index is 0.0262. The van der Waals surface area contributed by atoms with Crippen LogP contribution in [-0.2, 0) is 21.8 Å². The third kappa shape index (κ3) is 3.75. The molecule has 2 heterocycles. The van der Waals surface area contributed by atoms with E-state index in [1.807, 2.05) is 0 Å². The van der Waals surface area contributed by atoms with Crippen molar-refractivity contribution in [1.82, 2.24) is 19.4 Å². The molecule has 1 N–H and O–H groups in total. The Kier molecular flexibility index (Phi) is 5.61. The van der Waals surface area contributed by atoms with Crippen LogP contribution < -0.4 is 5.32 Å². The highest BCUT2D eigenvalue weighted by Crippen LogP contribution is 2.24. The SMILES string of the molecule is COCCN(CC1CCCN1)S(=O)(=O)c1c(Cl)cnn1C. The van der Waals surface area contributed by atoms with Gasteiger partial charge >= 0.3 is 0 Å². The molecule has 0 bridgehead atoms. The van der Waals surface area contributed by atoms with Gasteiger partial charge in [0.2, 0.25) is 0 Å². The highest BCUT2D eigenvalue weighted by molar-refractivity contribution is 7.89. The van der Waals surface area contributed by atoms with Crippen molar-refractivity contribution in [3.63, 3.8) is 0 Å². The van der Waals surface area contributed by atoms with E-state index in [4.69, 9.17) is 16.3 Å². The van der Waals surface area contributed by atoms with Crippen molar-refractivity contribution in [2.75, 3.05) is 33.4 Å². The molecule has 1 unspecified atom stereocenters. The average Bonchev–Trinajstić information content (AvgIpc) is 3.04. The monoisotopic (exact) mass is 336 g/mol. The summed E-state index contributed by atoms with van der Waals surface area (Å²) < 4.78 is 33.4. The first kappa shape index (κ1) is 16.7. The summed E-state index contributed by atoms with van der Waals surface area (Å²) in [5.74, 6) is 0. The number of nitrogens with zero attached hydrogens (tertiary/aromatic N) is 3. The molecule has 0 spiro atoms. The number of nitrogens with one attached hydrogen (secondary N) is 1. The molecule has 1 aliphatic rings. The highest BCUT2D eigenvalue weighted by atomic mass is 35.5. The molecule has 1 saturated heterocycles. The van der Waals surface area contributed by atoms with Crippen LogP contribution >= 0.6 is 11.6 Å². The lowest BCUT2D eigenvalue weighted by Crippen LogP contribution is -2.43. The lowest BCUT2D eigenvalue weighted by atomic mass is 10.2. The summed E-state index contributed by atoms with van der Waals surface area (Å²) in [5, 5.41) is 7.38. The molecule has 2 rings (SSSR count). The lowest BCUT2D eigenvalue weighted by Gasteiger charge is -2.25. The van der Waals surface area contributed by atoms with Crippen molar-refractivity contribution in [3.8, 4) is 0 Å². The van der Waals surface area contributed by atoms with E-state index in [1.54, 1.807) is 14.2 Å². The van der Waals surface area contributed by atoms with Gasteiger partial charge in [-0.2, -0.15) is 9.40 Å². The van der Waals surface area contributed by atoms with Crippen molar-refractivity contribution in [3.05, 3.63) is 11.2 Å². The average molecular weight is 337 g/mol. The van der Waals surface area contributed by atoms with Crippen LogP contribution in [0, 0.1) is 0 Å².